The van der Waals surface area contributed by atoms with E-state index in [0.29, 0.717) is 0 Å². The third kappa shape index (κ3) is 4.22. The number of aromatic nitrogens is 2. The normalized spacial score (nSPS) is 16.6. The third-order valence-corrected chi connectivity index (χ3v) is 4.27. The Bertz CT molecular complexity index is 701. The molecule has 3 rings (SSSR count). The van der Waals surface area contributed by atoms with Gasteiger partial charge in [-0.15, -0.1) is 0 Å². The van der Waals surface area contributed by atoms with Crippen LogP contribution >= 0.6 is 0 Å². The minimum Gasteiger partial charge on any atom is -0.379 e. The maximum absolute atomic E-state index is 12.8. The number of benzene rings is 1. The van der Waals surface area contributed by atoms with Gasteiger partial charge in [-0.1, -0.05) is 12.1 Å². The molecule has 1 aliphatic heterocycles. The summed E-state index contributed by atoms with van der Waals surface area (Å²) in [6.45, 7) is 7.91. The highest BCUT2D eigenvalue weighted by molar-refractivity contribution is 5.60. The Morgan fingerprint density at radius 1 is 1.12 bits per heavy atom. The van der Waals surface area contributed by atoms with Crippen LogP contribution in [-0.2, 0) is 17.5 Å². The van der Waals surface area contributed by atoms with Crippen LogP contribution in [-0.4, -0.2) is 41.0 Å². The molecule has 0 bridgehead atoms. The van der Waals surface area contributed by atoms with Gasteiger partial charge < -0.3 is 4.74 Å². The molecule has 1 aliphatic rings. The number of ether oxygens (including phenoxy) is 1. The van der Waals surface area contributed by atoms with Gasteiger partial charge in [-0.25, -0.2) is 0 Å². The zero-order chi connectivity index (χ0) is 18.0. The summed E-state index contributed by atoms with van der Waals surface area (Å²) >= 11 is 0. The Kier molecular flexibility index (Phi) is 5.15. The summed E-state index contributed by atoms with van der Waals surface area (Å²) in [5.74, 6) is 0. The molecule has 0 unspecified atom stereocenters. The van der Waals surface area contributed by atoms with Crippen molar-refractivity contribution in [2.75, 3.05) is 26.3 Å². The minimum absolute atomic E-state index is 0.121. The van der Waals surface area contributed by atoms with Crippen LogP contribution in [0.4, 0.5) is 13.2 Å². The van der Waals surface area contributed by atoms with Crippen molar-refractivity contribution < 1.29 is 17.9 Å². The van der Waals surface area contributed by atoms with E-state index >= 15 is 0 Å². The van der Waals surface area contributed by atoms with Crippen molar-refractivity contribution in [1.82, 2.24) is 14.7 Å². The maximum Gasteiger partial charge on any atom is 0.416 e. The Labute approximate surface area is 145 Å². The molecule has 0 saturated carbocycles. The van der Waals surface area contributed by atoms with Gasteiger partial charge in [-0.3, -0.25) is 9.58 Å². The first kappa shape index (κ1) is 17.9. The highest BCUT2D eigenvalue weighted by atomic mass is 19.4. The molecule has 0 radical (unpaired) electrons. The average Bonchev–Trinajstić information content (AvgIpc) is 2.99. The third-order valence-electron chi connectivity index (χ3n) is 4.27. The fourth-order valence-electron chi connectivity index (χ4n) is 2.95. The minimum atomic E-state index is -4.32. The van der Waals surface area contributed by atoms with Crippen molar-refractivity contribution in [3.63, 3.8) is 0 Å². The number of rotatable bonds is 4. The van der Waals surface area contributed by atoms with Crippen molar-refractivity contribution >= 4 is 0 Å². The predicted molar refractivity (Wildman–Crippen MR) is 89.1 cm³/mol. The molecule has 2 heterocycles. The second-order valence-electron chi connectivity index (χ2n) is 6.52. The standard InChI is InChI=1S/C18H22F3N3O/c1-13(2)24-17(14-3-5-15(6-4-14)18(19,20)21)11-16(22-24)12-23-7-9-25-10-8-23/h3-6,11,13H,7-10,12H2,1-2H3. The second kappa shape index (κ2) is 7.17. The number of morpholine rings is 1. The summed E-state index contributed by atoms with van der Waals surface area (Å²) in [5.41, 5.74) is 1.86. The molecule has 25 heavy (non-hydrogen) atoms. The predicted octanol–water partition coefficient (Wildman–Crippen LogP) is 3.98. The topological polar surface area (TPSA) is 30.3 Å². The molecule has 1 aromatic carbocycles. The van der Waals surface area contributed by atoms with Crippen LogP contribution in [0.2, 0.25) is 0 Å². The molecule has 0 aliphatic carbocycles. The van der Waals surface area contributed by atoms with Gasteiger partial charge in [-0.2, -0.15) is 18.3 Å². The molecular formula is C18H22F3N3O. The van der Waals surface area contributed by atoms with Gasteiger partial charge in [0.25, 0.3) is 0 Å². The summed E-state index contributed by atoms with van der Waals surface area (Å²) in [7, 11) is 0. The lowest BCUT2D eigenvalue weighted by Crippen LogP contribution is -2.35. The fourth-order valence-corrected chi connectivity index (χ4v) is 2.95. The quantitative estimate of drug-likeness (QED) is 0.833. The lowest BCUT2D eigenvalue weighted by atomic mass is 10.1. The van der Waals surface area contributed by atoms with E-state index in [1.807, 2.05) is 24.6 Å². The van der Waals surface area contributed by atoms with Crippen LogP contribution in [0.25, 0.3) is 11.3 Å². The Morgan fingerprint density at radius 2 is 1.76 bits per heavy atom. The van der Waals surface area contributed by atoms with Gasteiger partial charge in [0.1, 0.15) is 0 Å². The van der Waals surface area contributed by atoms with Gasteiger partial charge in [0.05, 0.1) is 30.2 Å². The summed E-state index contributed by atoms with van der Waals surface area (Å²) in [6, 6.07) is 7.35. The van der Waals surface area contributed by atoms with Crippen LogP contribution < -0.4 is 0 Å². The van der Waals surface area contributed by atoms with Crippen molar-refractivity contribution in [3.8, 4) is 11.3 Å². The van der Waals surface area contributed by atoms with Gasteiger partial charge in [0.2, 0.25) is 0 Å². The van der Waals surface area contributed by atoms with Crippen molar-refractivity contribution in [2.45, 2.75) is 32.6 Å². The molecule has 4 nitrogen and oxygen atoms in total. The smallest absolute Gasteiger partial charge is 0.379 e. The second-order valence-corrected chi connectivity index (χ2v) is 6.52. The molecule has 0 N–H and O–H groups in total. The fraction of sp³-hybridized carbons (Fsp3) is 0.500. The first-order valence-electron chi connectivity index (χ1n) is 8.41. The zero-order valence-corrected chi connectivity index (χ0v) is 14.4. The van der Waals surface area contributed by atoms with Gasteiger partial charge in [-0.05, 0) is 37.6 Å². The highest BCUT2D eigenvalue weighted by Gasteiger charge is 2.30. The molecule has 7 heteroatoms. The average molecular weight is 353 g/mol. The Balaban J connectivity index is 1.86. The molecule has 0 amide bonds. The van der Waals surface area contributed by atoms with Crippen molar-refractivity contribution in [1.29, 1.82) is 0 Å². The maximum atomic E-state index is 12.8. The largest absolute Gasteiger partial charge is 0.416 e. The van der Waals surface area contributed by atoms with Crippen molar-refractivity contribution in [2.24, 2.45) is 0 Å². The van der Waals surface area contributed by atoms with Crippen molar-refractivity contribution in [3.05, 3.63) is 41.6 Å². The van der Waals surface area contributed by atoms with Crippen LogP contribution in [0.15, 0.2) is 30.3 Å². The SMILES string of the molecule is CC(C)n1nc(CN2CCOCC2)cc1-c1ccc(C(F)(F)F)cc1. The van der Waals surface area contributed by atoms with E-state index in [1.165, 1.54) is 12.1 Å². The molecule has 2 aromatic rings. The van der Waals surface area contributed by atoms with Crippen LogP contribution in [0.3, 0.4) is 0 Å². The number of alkyl halides is 3. The first-order valence-corrected chi connectivity index (χ1v) is 8.41. The van der Waals surface area contributed by atoms with Gasteiger partial charge >= 0.3 is 6.18 Å². The summed E-state index contributed by atoms with van der Waals surface area (Å²) in [5, 5.41) is 4.66. The first-order chi connectivity index (χ1) is 11.8. The number of hydrogen-bond acceptors (Lipinski definition) is 3. The highest BCUT2D eigenvalue weighted by Crippen LogP contribution is 2.31. The number of hydrogen-bond donors (Lipinski definition) is 0. The van der Waals surface area contributed by atoms with E-state index < -0.39 is 11.7 Å². The number of halogens is 3. The molecule has 1 fully saturated rings. The molecule has 136 valence electrons. The lowest BCUT2D eigenvalue weighted by molar-refractivity contribution is -0.137. The lowest BCUT2D eigenvalue weighted by Gasteiger charge is -2.25. The molecular weight excluding hydrogens is 331 g/mol. The zero-order valence-electron chi connectivity index (χ0n) is 14.4. The van der Waals surface area contributed by atoms with Crippen LogP contribution in [0.1, 0.15) is 31.1 Å². The van der Waals surface area contributed by atoms with Gasteiger partial charge in [0.15, 0.2) is 0 Å². The molecule has 0 spiro atoms. The Morgan fingerprint density at radius 3 is 2.32 bits per heavy atom. The van der Waals surface area contributed by atoms with E-state index in [4.69, 9.17) is 4.74 Å². The summed E-state index contributed by atoms with van der Waals surface area (Å²) < 4.78 is 45.5. The van der Waals surface area contributed by atoms with Gasteiger partial charge in [0, 0.05) is 25.7 Å². The van der Waals surface area contributed by atoms with E-state index in [0.717, 1.165) is 61.9 Å². The van der Waals surface area contributed by atoms with Crippen LogP contribution in [0, 0.1) is 0 Å². The number of nitrogens with zero attached hydrogens (tertiary/aromatic N) is 3. The Hall–Kier alpha value is -1.86. The van der Waals surface area contributed by atoms with Crippen LogP contribution in [0.5, 0.6) is 0 Å². The molecule has 1 saturated heterocycles. The van der Waals surface area contributed by atoms with E-state index in [-0.39, 0.29) is 6.04 Å². The summed E-state index contributed by atoms with van der Waals surface area (Å²) in [6.07, 6.45) is -4.32. The van der Waals surface area contributed by atoms with E-state index in [1.54, 1.807) is 0 Å². The summed E-state index contributed by atoms with van der Waals surface area (Å²) in [4.78, 5) is 2.27. The molecule has 0 atom stereocenters. The molecule has 1 aromatic heterocycles. The van der Waals surface area contributed by atoms with E-state index in [9.17, 15) is 13.2 Å². The van der Waals surface area contributed by atoms with E-state index in [2.05, 4.69) is 10.00 Å². The monoisotopic (exact) mass is 353 g/mol.